The first-order chi connectivity index (χ1) is 9.95. The molecule has 0 aliphatic heterocycles. The molecule has 0 aliphatic rings. The molecule has 0 N–H and O–H groups in total. The van der Waals surface area contributed by atoms with Crippen molar-refractivity contribution in [1.82, 2.24) is 9.80 Å². The third-order valence-electron chi connectivity index (χ3n) is 3.04. The Morgan fingerprint density at radius 1 is 1.05 bits per heavy atom. The second-order valence-electron chi connectivity index (χ2n) is 4.67. The number of hydrogen-bond acceptors (Lipinski definition) is 4. The predicted molar refractivity (Wildman–Crippen MR) is 77.7 cm³/mol. The highest BCUT2D eigenvalue weighted by molar-refractivity contribution is 5.96. The molecule has 1 aromatic carbocycles. The molecule has 114 valence electrons. The lowest BCUT2D eigenvalue weighted by atomic mass is 10.2. The maximum atomic E-state index is 12.1. The van der Waals surface area contributed by atoms with Crippen molar-refractivity contribution in [3.8, 4) is 0 Å². The number of nitrogens with zero attached hydrogens (tertiary/aromatic N) is 2. The molecule has 0 heterocycles. The van der Waals surface area contributed by atoms with E-state index in [-0.39, 0.29) is 37.3 Å². The van der Waals surface area contributed by atoms with Crippen LogP contribution >= 0.6 is 0 Å². The van der Waals surface area contributed by atoms with Gasteiger partial charge in [-0.15, -0.1) is 0 Å². The summed E-state index contributed by atoms with van der Waals surface area (Å²) in [6.45, 7) is 0.226. The van der Waals surface area contributed by atoms with E-state index < -0.39 is 0 Å². The SMILES string of the molecule is COC(=O)CCN(C)C(=O)CN(C)C(=O)c1ccccc1. The van der Waals surface area contributed by atoms with Crippen molar-refractivity contribution in [2.24, 2.45) is 0 Å². The Hall–Kier alpha value is -2.37. The van der Waals surface area contributed by atoms with Crippen molar-refractivity contribution in [2.75, 3.05) is 34.3 Å². The molecule has 0 radical (unpaired) electrons. The summed E-state index contributed by atoms with van der Waals surface area (Å²) in [5, 5.41) is 0. The quantitative estimate of drug-likeness (QED) is 0.727. The van der Waals surface area contributed by atoms with E-state index in [1.54, 1.807) is 38.4 Å². The van der Waals surface area contributed by atoms with Gasteiger partial charge in [0.25, 0.3) is 5.91 Å². The fourth-order valence-corrected chi connectivity index (χ4v) is 1.68. The topological polar surface area (TPSA) is 66.9 Å². The van der Waals surface area contributed by atoms with E-state index in [4.69, 9.17) is 0 Å². The van der Waals surface area contributed by atoms with Crippen LogP contribution in [0.25, 0.3) is 0 Å². The number of hydrogen-bond donors (Lipinski definition) is 0. The molecule has 0 spiro atoms. The Bertz CT molecular complexity index is 502. The molecule has 0 aromatic heterocycles. The number of likely N-dealkylation sites (N-methyl/N-ethyl adjacent to an activating group) is 2. The molecule has 0 saturated heterocycles. The number of benzene rings is 1. The normalized spacial score (nSPS) is 9.86. The average molecular weight is 292 g/mol. The summed E-state index contributed by atoms with van der Waals surface area (Å²) in [4.78, 5) is 37.9. The summed E-state index contributed by atoms with van der Waals surface area (Å²) in [6.07, 6.45) is 0.134. The lowest BCUT2D eigenvalue weighted by Crippen LogP contribution is -2.40. The number of methoxy groups -OCH3 is 1. The zero-order chi connectivity index (χ0) is 15.8. The van der Waals surface area contributed by atoms with Crippen LogP contribution in [0.15, 0.2) is 30.3 Å². The Kier molecular flexibility index (Phi) is 6.39. The Labute approximate surface area is 124 Å². The van der Waals surface area contributed by atoms with Gasteiger partial charge in [-0.25, -0.2) is 0 Å². The molecule has 6 nitrogen and oxygen atoms in total. The van der Waals surface area contributed by atoms with Gasteiger partial charge in [0.15, 0.2) is 0 Å². The summed E-state index contributed by atoms with van der Waals surface area (Å²) in [6, 6.07) is 8.76. The summed E-state index contributed by atoms with van der Waals surface area (Å²) < 4.78 is 4.52. The summed E-state index contributed by atoms with van der Waals surface area (Å²) in [7, 11) is 4.46. The number of carbonyl (C=O) groups excluding carboxylic acids is 3. The maximum Gasteiger partial charge on any atom is 0.307 e. The third-order valence-corrected chi connectivity index (χ3v) is 3.04. The van der Waals surface area contributed by atoms with Gasteiger partial charge in [0.1, 0.15) is 0 Å². The molecule has 0 fully saturated rings. The van der Waals surface area contributed by atoms with Gasteiger partial charge >= 0.3 is 5.97 Å². The standard InChI is InChI=1S/C15H20N2O4/c1-16(10-9-14(19)21-3)13(18)11-17(2)15(20)12-7-5-4-6-8-12/h4-8H,9-11H2,1-3H3. The smallest absolute Gasteiger partial charge is 0.307 e. The zero-order valence-corrected chi connectivity index (χ0v) is 12.5. The van der Waals surface area contributed by atoms with Crippen LogP contribution in [0.1, 0.15) is 16.8 Å². The van der Waals surface area contributed by atoms with Crippen molar-refractivity contribution in [3.05, 3.63) is 35.9 Å². The minimum absolute atomic E-state index is 0.0363. The minimum Gasteiger partial charge on any atom is -0.469 e. The van der Waals surface area contributed by atoms with E-state index in [0.717, 1.165) is 0 Å². The highest BCUT2D eigenvalue weighted by Crippen LogP contribution is 2.03. The van der Waals surface area contributed by atoms with Gasteiger partial charge in [-0.05, 0) is 12.1 Å². The Balaban J connectivity index is 2.50. The monoisotopic (exact) mass is 292 g/mol. The highest BCUT2D eigenvalue weighted by atomic mass is 16.5. The largest absolute Gasteiger partial charge is 0.469 e. The number of ether oxygens (including phenoxy) is 1. The Morgan fingerprint density at radius 3 is 2.24 bits per heavy atom. The fraction of sp³-hybridized carbons (Fsp3) is 0.400. The first-order valence-corrected chi connectivity index (χ1v) is 6.57. The van der Waals surface area contributed by atoms with Crippen LogP contribution in [0.3, 0.4) is 0 Å². The Morgan fingerprint density at radius 2 is 1.67 bits per heavy atom. The summed E-state index contributed by atoms with van der Waals surface area (Å²) in [5.74, 6) is -0.820. The molecule has 6 heteroatoms. The molecule has 0 saturated carbocycles. The minimum atomic E-state index is -0.372. The van der Waals surface area contributed by atoms with Gasteiger partial charge in [-0.1, -0.05) is 18.2 Å². The van der Waals surface area contributed by atoms with E-state index >= 15 is 0 Å². The maximum absolute atomic E-state index is 12.1. The molecule has 0 bridgehead atoms. The molecule has 0 unspecified atom stereocenters. The van der Waals surface area contributed by atoms with Crippen LogP contribution in [-0.4, -0.2) is 61.9 Å². The number of esters is 1. The van der Waals surface area contributed by atoms with Gasteiger partial charge in [-0.3, -0.25) is 14.4 Å². The van der Waals surface area contributed by atoms with Crippen molar-refractivity contribution in [3.63, 3.8) is 0 Å². The molecule has 1 rings (SSSR count). The van der Waals surface area contributed by atoms with Crippen molar-refractivity contribution < 1.29 is 19.1 Å². The van der Waals surface area contributed by atoms with Gasteiger partial charge in [-0.2, -0.15) is 0 Å². The zero-order valence-electron chi connectivity index (χ0n) is 12.5. The fourth-order valence-electron chi connectivity index (χ4n) is 1.68. The lowest BCUT2D eigenvalue weighted by molar-refractivity contribution is -0.141. The molecular weight excluding hydrogens is 272 g/mol. The average Bonchev–Trinajstić information content (AvgIpc) is 2.51. The predicted octanol–water partition coefficient (Wildman–Crippen LogP) is 0.780. The summed E-state index contributed by atoms with van der Waals surface area (Å²) in [5.41, 5.74) is 0.532. The molecular formula is C15H20N2O4. The molecule has 0 aliphatic carbocycles. The van der Waals surface area contributed by atoms with Crippen molar-refractivity contribution in [1.29, 1.82) is 0 Å². The van der Waals surface area contributed by atoms with Gasteiger partial charge < -0.3 is 14.5 Å². The number of amides is 2. The van der Waals surface area contributed by atoms with E-state index in [1.165, 1.54) is 16.9 Å². The van der Waals surface area contributed by atoms with Crippen LogP contribution in [0.4, 0.5) is 0 Å². The van der Waals surface area contributed by atoms with Crippen LogP contribution in [0.2, 0.25) is 0 Å². The number of carbonyl (C=O) groups is 3. The summed E-state index contributed by atoms with van der Waals surface area (Å²) >= 11 is 0. The van der Waals surface area contributed by atoms with Crippen LogP contribution in [-0.2, 0) is 14.3 Å². The molecule has 0 atom stereocenters. The van der Waals surface area contributed by atoms with Crippen LogP contribution < -0.4 is 0 Å². The molecule has 1 aromatic rings. The van der Waals surface area contributed by atoms with E-state index in [9.17, 15) is 14.4 Å². The van der Waals surface area contributed by atoms with E-state index in [2.05, 4.69) is 4.74 Å². The van der Waals surface area contributed by atoms with Gasteiger partial charge in [0, 0.05) is 26.2 Å². The first kappa shape index (κ1) is 16.7. The molecule has 2 amide bonds. The molecule has 21 heavy (non-hydrogen) atoms. The van der Waals surface area contributed by atoms with Gasteiger partial charge in [0.05, 0.1) is 20.1 Å². The van der Waals surface area contributed by atoms with Crippen molar-refractivity contribution in [2.45, 2.75) is 6.42 Å². The second kappa shape index (κ2) is 8.04. The van der Waals surface area contributed by atoms with Crippen molar-refractivity contribution >= 4 is 17.8 Å². The first-order valence-electron chi connectivity index (χ1n) is 6.57. The van der Waals surface area contributed by atoms with Crippen LogP contribution in [0.5, 0.6) is 0 Å². The number of rotatable bonds is 6. The highest BCUT2D eigenvalue weighted by Gasteiger charge is 2.17. The van der Waals surface area contributed by atoms with E-state index in [1.807, 2.05) is 6.07 Å². The van der Waals surface area contributed by atoms with Crippen LogP contribution in [0, 0.1) is 0 Å². The third kappa shape index (κ3) is 5.25. The second-order valence-corrected chi connectivity index (χ2v) is 4.67. The van der Waals surface area contributed by atoms with Gasteiger partial charge in [0.2, 0.25) is 5.91 Å². The lowest BCUT2D eigenvalue weighted by Gasteiger charge is -2.21. The van der Waals surface area contributed by atoms with E-state index in [0.29, 0.717) is 5.56 Å².